The average molecular weight is 527 g/mol. The minimum absolute atomic E-state index is 0.100. The smallest absolute Gasteiger partial charge is 0.206 e. The number of rotatable bonds is 1. The molecule has 0 aliphatic carbocycles. The normalized spacial score (nSPS) is 12.4. The van der Waals surface area contributed by atoms with Gasteiger partial charge in [0.05, 0.1) is 33.4 Å². The maximum absolute atomic E-state index is 15.0. The topological polar surface area (TPSA) is 119 Å². The number of nitriles is 5. The quantitative estimate of drug-likeness (QED) is 0.505. The molecule has 5 nitrogen and oxygen atoms in total. The molecule has 0 fully saturated rings. The van der Waals surface area contributed by atoms with Gasteiger partial charge in [-0.1, -0.05) is 0 Å². The highest BCUT2D eigenvalue weighted by Gasteiger charge is 2.42. The van der Waals surface area contributed by atoms with E-state index < -0.39 is 79.3 Å². The van der Waals surface area contributed by atoms with Crippen LogP contribution in [0.2, 0.25) is 0 Å². The highest BCUT2D eigenvalue weighted by molar-refractivity contribution is 5.80. The first-order valence-electron chi connectivity index (χ1n) is 8.99. The van der Waals surface area contributed by atoms with Gasteiger partial charge in [-0.2, -0.15) is 65.8 Å². The Hall–Kier alpha value is -5.07. The number of hydrogen-bond donors (Lipinski definition) is 0. The van der Waals surface area contributed by atoms with Gasteiger partial charge in [0.2, 0.25) is 0 Å². The van der Waals surface area contributed by atoms with Crippen LogP contribution in [0, 0.1) is 62.5 Å². The molecule has 0 saturated carbocycles. The molecule has 0 heterocycles. The lowest BCUT2D eigenvalue weighted by Gasteiger charge is -2.17. The fourth-order valence-electron chi connectivity index (χ4n) is 3.26. The summed E-state index contributed by atoms with van der Waals surface area (Å²) in [5.74, 6) is -1.94. The fraction of sp³-hybridized carbons (Fsp3) is 0.136. The molecule has 0 bridgehead atoms. The zero-order valence-corrected chi connectivity index (χ0v) is 17.2. The molecule has 0 N–H and O–H groups in total. The molecular weight excluding hydrogens is 524 g/mol. The maximum Gasteiger partial charge on any atom is 0.418 e. The van der Waals surface area contributed by atoms with Crippen molar-refractivity contribution < 1.29 is 43.9 Å². The molecular formula is C22H3F10N5. The summed E-state index contributed by atoms with van der Waals surface area (Å²) in [6, 6.07) is 4.23. The Bertz CT molecular complexity index is 1590. The monoisotopic (exact) mass is 527 g/mol. The van der Waals surface area contributed by atoms with Crippen LogP contribution in [0.5, 0.6) is 0 Å². The predicted octanol–water partition coefficient (Wildman–Crippen LogP) is 4.55. The van der Waals surface area contributed by atoms with Crippen LogP contribution < -0.4 is 10.4 Å². The van der Waals surface area contributed by atoms with Crippen molar-refractivity contribution in [3.05, 3.63) is 67.8 Å². The average Bonchev–Trinajstić information content (AvgIpc) is 2.78. The van der Waals surface area contributed by atoms with Crippen LogP contribution in [0.3, 0.4) is 0 Å². The number of hydrogen-bond acceptors (Lipinski definition) is 5. The van der Waals surface area contributed by atoms with Crippen molar-refractivity contribution in [2.24, 2.45) is 0 Å². The van der Waals surface area contributed by atoms with E-state index in [1.807, 2.05) is 0 Å². The Morgan fingerprint density at radius 3 is 1.41 bits per heavy atom. The minimum atomic E-state index is -5.64. The third-order valence-electron chi connectivity index (χ3n) is 4.68. The molecule has 0 aromatic heterocycles. The second-order valence-corrected chi connectivity index (χ2v) is 6.78. The largest absolute Gasteiger partial charge is 0.418 e. The first-order valence-corrected chi connectivity index (χ1v) is 8.99. The van der Waals surface area contributed by atoms with Crippen LogP contribution in [0.1, 0.15) is 33.4 Å². The number of halogens is 10. The second-order valence-electron chi connectivity index (χ2n) is 6.78. The summed E-state index contributed by atoms with van der Waals surface area (Å²) in [6.45, 7) is 0. The summed E-state index contributed by atoms with van der Waals surface area (Å²) in [7, 11) is 0. The zero-order valence-electron chi connectivity index (χ0n) is 17.2. The van der Waals surface area contributed by atoms with Crippen molar-refractivity contribution in [1.82, 2.24) is 0 Å². The molecule has 0 radical (unpaired) electrons. The van der Waals surface area contributed by atoms with Crippen molar-refractivity contribution in [1.29, 1.82) is 26.3 Å². The van der Waals surface area contributed by atoms with E-state index in [-0.39, 0.29) is 18.2 Å². The van der Waals surface area contributed by atoms with Gasteiger partial charge in [0.15, 0.2) is 0 Å². The molecule has 0 aliphatic rings. The molecule has 2 aromatic carbocycles. The molecule has 0 atom stereocenters. The fourth-order valence-corrected chi connectivity index (χ4v) is 3.26. The van der Waals surface area contributed by atoms with E-state index >= 15 is 4.39 Å². The lowest BCUT2D eigenvalue weighted by molar-refractivity contribution is -0.143. The Balaban J connectivity index is 3.42. The standard InChI is InChI=1S/C22H3F10N5/c23-17-3-11(10(4-33)5-34)19(22(30,31)32)14(8-37)18(17)12(6-35)9-1-15(20(24,25)26)13(7-36)16(2-9)21(27,28)29/h1-3H/b18-12-. The predicted molar refractivity (Wildman–Crippen MR) is 99.3 cm³/mol. The van der Waals surface area contributed by atoms with Gasteiger partial charge in [0.1, 0.15) is 41.7 Å². The summed E-state index contributed by atoms with van der Waals surface area (Å²) >= 11 is 0. The number of alkyl halides is 9. The molecule has 15 heteroatoms. The molecule has 0 amide bonds. The van der Waals surface area contributed by atoms with E-state index in [9.17, 15) is 50.0 Å². The summed E-state index contributed by atoms with van der Waals surface area (Å²) in [4.78, 5) is 0. The van der Waals surface area contributed by atoms with Gasteiger partial charge in [-0.3, -0.25) is 0 Å². The molecule has 37 heavy (non-hydrogen) atoms. The molecule has 0 spiro atoms. The SMILES string of the molecule is N#CC(C#N)=c1cc(F)/c(=C(/C#N)c2cc(C(F)(F)F)c(C#N)c(C(F)(F)F)c2)c(C#N)c1C(F)(F)F. The summed E-state index contributed by atoms with van der Waals surface area (Å²) < 4.78 is 137. The summed E-state index contributed by atoms with van der Waals surface area (Å²) in [5.41, 5.74) is -14.6. The molecule has 2 aromatic rings. The van der Waals surface area contributed by atoms with Gasteiger partial charge in [0, 0.05) is 10.4 Å². The molecule has 2 rings (SSSR count). The van der Waals surface area contributed by atoms with E-state index in [4.69, 9.17) is 15.8 Å². The van der Waals surface area contributed by atoms with Crippen LogP contribution in [-0.2, 0) is 18.5 Å². The van der Waals surface area contributed by atoms with Crippen molar-refractivity contribution >= 4 is 11.1 Å². The molecule has 0 saturated heterocycles. The Morgan fingerprint density at radius 1 is 0.622 bits per heavy atom. The van der Waals surface area contributed by atoms with Crippen molar-refractivity contribution in [2.75, 3.05) is 0 Å². The highest BCUT2D eigenvalue weighted by atomic mass is 19.4. The van der Waals surface area contributed by atoms with E-state index in [0.29, 0.717) is 0 Å². The maximum atomic E-state index is 15.0. The molecule has 186 valence electrons. The van der Waals surface area contributed by atoms with Crippen molar-refractivity contribution in [3.63, 3.8) is 0 Å². The first kappa shape index (κ1) is 28.2. The van der Waals surface area contributed by atoms with Crippen LogP contribution in [0.25, 0.3) is 11.1 Å². The first-order chi connectivity index (χ1) is 17.0. The second kappa shape index (κ2) is 9.53. The molecule has 0 aliphatic heterocycles. The summed E-state index contributed by atoms with van der Waals surface area (Å²) in [6.07, 6.45) is -16.9. The van der Waals surface area contributed by atoms with Gasteiger partial charge in [0.25, 0.3) is 0 Å². The minimum Gasteiger partial charge on any atom is -0.206 e. The van der Waals surface area contributed by atoms with Gasteiger partial charge in [-0.25, -0.2) is 4.39 Å². The van der Waals surface area contributed by atoms with Gasteiger partial charge >= 0.3 is 18.5 Å². The molecule has 0 unspecified atom stereocenters. The third kappa shape index (κ3) is 5.15. The van der Waals surface area contributed by atoms with E-state index in [0.717, 1.165) is 30.3 Å². The zero-order chi connectivity index (χ0) is 28.5. The Morgan fingerprint density at radius 2 is 1.08 bits per heavy atom. The van der Waals surface area contributed by atoms with E-state index in [1.165, 1.54) is 0 Å². The van der Waals surface area contributed by atoms with Crippen LogP contribution in [-0.4, -0.2) is 0 Å². The lowest BCUT2D eigenvalue weighted by Crippen LogP contribution is -2.32. The van der Waals surface area contributed by atoms with Gasteiger partial charge in [-0.05, 0) is 23.8 Å². The highest BCUT2D eigenvalue weighted by Crippen LogP contribution is 2.41. The number of benzene rings is 2. The van der Waals surface area contributed by atoms with Crippen LogP contribution in [0.4, 0.5) is 43.9 Å². The van der Waals surface area contributed by atoms with Crippen molar-refractivity contribution in [3.8, 4) is 30.3 Å². The van der Waals surface area contributed by atoms with Crippen LogP contribution >= 0.6 is 0 Å². The lowest BCUT2D eigenvalue weighted by atomic mass is 9.91. The Labute approximate surface area is 198 Å². The van der Waals surface area contributed by atoms with E-state index in [1.54, 1.807) is 0 Å². The Kier molecular flexibility index (Phi) is 7.25. The van der Waals surface area contributed by atoms with Crippen molar-refractivity contribution in [2.45, 2.75) is 18.5 Å². The van der Waals surface area contributed by atoms with Gasteiger partial charge in [-0.15, -0.1) is 0 Å². The van der Waals surface area contributed by atoms with Gasteiger partial charge < -0.3 is 0 Å². The van der Waals surface area contributed by atoms with Crippen LogP contribution in [0.15, 0.2) is 18.2 Å². The summed E-state index contributed by atoms with van der Waals surface area (Å²) in [5, 5.41) is 42.5. The third-order valence-corrected chi connectivity index (χ3v) is 4.68. The van der Waals surface area contributed by atoms with E-state index in [2.05, 4.69) is 0 Å². The number of nitrogens with zero attached hydrogens (tertiary/aromatic N) is 5.